The van der Waals surface area contributed by atoms with Crippen LogP contribution in [-0.4, -0.2) is 28.1 Å². The van der Waals surface area contributed by atoms with Gasteiger partial charge in [-0.3, -0.25) is 4.79 Å². The van der Waals surface area contributed by atoms with Crippen LogP contribution >= 0.6 is 23.2 Å². The molecule has 0 aromatic carbocycles. The van der Waals surface area contributed by atoms with E-state index in [9.17, 15) is 4.79 Å². The molecule has 5 nitrogen and oxygen atoms in total. The predicted molar refractivity (Wildman–Crippen MR) is 64.3 cm³/mol. The Balaban J connectivity index is 2.16. The van der Waals surface area contributed by atoms with Gasteiger partial charge in [-0.05, 0) is 19.8 Å². The first-order chi connectivity index (χ1) is 8.03. The Morgan fingerprint density at radius 2 is 2.29 bits per heavy atom. The van der Waals surface area contributed by atoms with Crippen LogP contribution in [0.2, 0.25) is 10.2 Å². The molecule has 0 radical (unpaired) electrons. The van der Waals surface area contributed by atoms with Gasteiger partial charge in [-0.2, -0.15) is 0 Å². The van der Waals surface area contributed by atoms with Crippen LogP contribution in [0.5, 0.6) is 0 Å². The number of hydrogen-bond donors (Lipinski definition) is 1. The Bertz CT molecular complexity index is 447. The van der Waals surface area contributed by atoms with Crippen molar-refractivity contribution in [3.63, 3.8) is 0 Å². The van der Waals surface area contributed by atoms with Gasteiger partial charge in [0.2, 0.25) is 0 Å². The van der Waals surface area contributed by atoms with E-state index in [1.807, 2.05) is 0 Å². The maximum Gasteiger partial charge on any atom is 0.257 e. The Morgan fingerprint density at radius 1 is 1.53 bits per heavy atom. The third kappa shape index (κ3) is 2.51. The minimum atomic E-state index is -0.819. The Morgan fingerprint density at radius 3 is 2.94 bits per heavy atom. The lowest BCUT2D eigenvalue weighted by atomic mass is 10.0. The number of halogens is 2. The SMILES string of the molecule is CC1(C(=O)Nc2ncnc(Cl)c2Cl)CCCO1. The third-order valence-electron chi connectivity index (χ3n) is 2.68. The molecule has 1 aliphatic heterocycles. The van der Waals surface area contributed by atoms with Crippen molar-refractivity contribution in [3.8, 4) is 0 Å². The number of amides is 1. The van der Waals surface area contributed by atoms with E-state index in [-0.39, 0.29) is 21.9 Å². The zero-order valence-corrected chi connectivity index (χ0v) is 10.7. The third-order valence-corrected chi connectivity index (χ3v) is 3.42. The first kappa shape index (κ1) is 12.5. The lowest BCUT2D eigenvalue weighted by Crippen LogP contribution is -2.39. The van der Waals surface area contributed by atoms with E-state index in [4.69, 9.17) is 27.9 Å². The van der Waals surface area contributed by atoms with Crippen LogP contribution in [0.4, 0.5) is 5.82 Å². The molecule has 1 aliphatic rings. The fourth-order valence-corrected chi connectivity index (χ4v) is 1.91. The molecule has 1 N–H and O–H groups in total. The molecule has 1 fully saturated rings. The molecule has 0 aliphatic carbocycles. The van der Waals surface area contributed by atoms with E-state index in [1.165, 1.54) is 6.33 Å². The van der Waals surface area contributed by atoms with Crippen molar-refractivity contribution in [1.29, 1.82) is 0 Å². The standard InChI is InChI=1S/C10H11Cl2N3O2/c1-10(3-2-4-17-10)9(16)15-8-6(11)7(12)13-5-14-8/h5H,2-4H2,1H3,(H,13,14,15,16). The van der Waals surface area contributed by atoms with Gasteiger partial charge in [-0.1, -0.05) is 23.2 Å². The topological polar surface area (TPSA) is 64.1 Å². The van der Waals surface area contributed by atoms with E-state index >= 15 is 0 Å². The van der Waals surface area contributed by atoms with Crippen molar-refractivity contribution in [2.24, 2.45) is 0 Å². The molecule has 0 spiro atoms. The summed E-state index contributed by atoms with van der Waals surface area (Å²) in [6.45, 7) is 2.33. The van der Waals surface area contributed by atoms with Crippen LogP contribution in [0.15, 0.2) is 6.33 Å². The fraction of sp³-hybridized carbons (Fsp3) is 0.500. The molecule has 92 valence electrons. The van der Waals surface area contributed by atoms with Crippen molar-refractivity contribution in [3.05, 3.63) is 16.5 Å². The summed E-state index contributed by atoms with van der Waals surface area (Å²) >= 11 is 11.6. The summed E-state index contributed by atoms with van der Waals surface area (Å²) in [7, 11) is 0. The highest BCUT2D eigenvalue weighted by atomic mass is 35.5. The van der Waals surface area contributed by atoms with Gasteiger partial charge in [0.05, 0.1) is 0 Å². The zero-order valence-electron chi connectivity index (χ0n) is 9.17. The molecule has 0 saturated carbocycles. The predicted octanol–water partition coefficient (Wildman–Crippen LogP) is 2.29. The molecule has 1 aromatic heterocycles. The number of carbonyl (C=O) groups excluding carboxylic acids is 1. The molecule has 1 unspecified atom stereocenters. The van der Waals surface area contributed by atoms with Gasteiger partial charge in [-0.15, -0.1) is 0 Å². The van der Waals surface area contributed by atoms with Crippen LogP contribution in [0, 0.1) is 0 Å². The van der Waals surface area contributed by atoms with Crippen LogP contribution in [0.1, 0.15) is 19.8 Å². The lowest BCUT2D eigenvalue weighted by Gasteiger charge is -2.21. The minimum absolute atomic E-state index is 0.106. The summed E-state index contributed by atoms with van der Waals surface area (Å²) in [6, 6.07) is 0. The van der Waals surface area contributed by atoms with Gasteiger partial charge in [0.25, 0.3) is 5.91 Å². The zero-order chi connectivity index (χ0) is 12.5. The number of rotatable bonds is 2. The van der Waals surface area contributed by atoms with Crippen molar-refractivity contribution >= 4 is 34.9 Å². The molecule has 1 atom stereocenters. The molecule has 1 aromatic rings. The van der Waals surface area contributed by atoms with Gasteiger partial charge in [-0.25, -0.2) is 9.97 Å². The van der Waals surface area contributed by atoms with Gasteiger partial charge >= 0.3 is 0 Å². The monoisotopic (exact) mass is 275 g/mol. The summed E-state index contributed by atoms with van der Waals surface area (Å²) in [5, 5.41) is 2.84. The lowest BCUT2D eigenvalue weighted by molar-refractivity contribution is -0.133. The molecule has 7 heteroatoms. The molecule has 0 bridgehead atoms. The number of nitrogens with zero attached hydrogens (tertiary/aromatic N) is 2. The second-order valence-corrected chi connectivity index (χ2v) is 4.70. The van der Waals surface area contributed by atoms with E-state index in [1.54, 1.807) is 6.92 Å². The first-order valence-corrected chi connectivity index (χ1v) is 5.90. The van der Waals surface area contributed by atoms with Crippen molar-refractivity contribution in [2.45, 2.75) is 25.4 Å². The number of ether oxygens (including phenoxy) is 1. The van der Waals surface area contributed by atoms with Crippen LogP contribution in [-0.2, 0) is 9.53 Å². The molecular formula is C10H11Cl2N3O2. The van der Waals surface area contributed by atoms with Gasteiger partial charge < -0.3 is 10.1 Å². The highest BCUT2D eigenvalue weighted by Crippen LogP contribution is 2.29. The fourth-order valence-electron chi connectivity index (χ4n) is 1.63. The summed E-state index contributed by atoms with van der Waals surface area (Å²) in [4.78, 5) is 19.6. The smallest absolute Gasteiger partial charge is 0.257 e. The molecule has 2 rings (SSSR count). The Labute approximate surface area is 108 Å². The van der Waals surface area contributed by atoms with E-state index in [0.29, 0.717) is 13.0 Å². The van der Waals surface area contributed by atoms with Crippen molar-refractivity contribution < 1.29 is 9.53 Å². The number of nitrogens with one attached hydrogen (secondary N) is 1. The van der Waals surface area contributed by atoms with Crippen molar-refractivity contribution in [2.75, 3.05) is 11.9 Å². The quantitative estimate of drug-likeness (QED) is 0.842. The normalized spacial score (nSPS) is 23.7. The number of aromatic nitrogens is 2. The Kier molecular flexibility index (Phi) is 3.51. The number of hydrogen-bond acceptors (Lipinski definition) is 4. The van der Waals surface area contributed by atoms with Gasteiger partial charge in [0.1, 0.15) is 17.0 Å². The van der Waals surface area contributed by atoms with Crippen LogP contribution < -0.4 is 5.32 Å². The minimum Gasteiger partial charge on any atom is -0.365 e. The van der Waals surface area contributed by atoms with Crippen LogP contribution in [0.3, 0.4) is 0 Å². The highest BCUT2D eigenvalue weighted by Gasteiger charge is 2.38. The summed E-state index contributed by atoms with van der Waals surface area (Å²) < 4.78 is 5.41. The van der Waals surface area contributed by atoms with Crippen LogP contribution in [0.25, 0.3) is 0 Å². The second-order valence-electron chi connectivity index (χ2n) is 3.96. The maximum absolute atomic E-state index is 12.0. The highest BCUT2D eigenvalue weighted by molar-refractivity contribution is 6.42. The summed E-state index contributed by atoms with van der Waals surface area (Å²) in [5.41, 5.74) is -0.819. The number of anilines is 1. The average Bonchev–Trinajstić information content (AvgIpc) is 2.73. The maximum atomic E-state index is 12.0. The Hall–Kier alpha value is -0.910. The van der Waals surface area contributed by atoms with Crippen molar-refractivity contribution in [1.82, 2.24) is 9.97 Å². The van der Waals surface area contributed by atoms with E-state index in [0.717, 1.165) is 6.42 Å². The summed E-state index contributed by atoms with van der Waals surface area (Å²) in [6.07, 6.45) is 2.78. The second kappa shape index (κ2) is 4.76. The van der Waals surface area contributed by atoms with Gasteiger partial charge in [0.15, 0.2) is 11.0 Å². The largest absolute Gasteiger partial charge is 0.365 e. The molecule has 1 amide bonds. The first-order valence-electron chi connectivity index (χ1n) is 5.14. The van der Waals surface area contributed by atoms with Gasteiger partial charge in [0, 0.05) is 6.61 Å². The van der Waals surface area contributed by atoms with E-state index in [2.05, 4.69) is 15.3 Å². The average molecular weight is 276 g/mol. The molecular weight excluding hydrogens is 265 g/mol. The molecule has 2 heterocycles. The summed E-state index contributed by atoms with van der Waals surface area (Å²) in [5.74, 6) is -0.0694. The molecule has 17 heavy (non-hydrogen) atoms. The molecule has 1 saturated heterocycles. The van der Waals surface area contributed by atoms with E-state index < -0.39 is 5.60 Å². The number of carbonyl (C=O) groups is 1.